The van der Waals surface area contributed by atoms with Crippen LogP contribution in [0.2, 0.25) is 0 Å². The molecule has 0 radical (unpaired) electrons. The van der Waals surface area contributed by atoms with Crippen LogP contribution in [0.3, 0.4) is 0 Å². The molecule has 1 rings (SSSR count). The smallest absolute Gasteiger partial charge is 0.305 e. The zero-order chi connectivity index (χ0) is 12.7. The Hall–Kier alpha value is -2.04. The fourth-order valence-corrected chi connectivity index (χ4v) is 1.40. The predicted molar refractivity (Wildman–Crippen MR) is 65.2 cm³/mol. The number of hydrogen-bond acceptors (Lipinski definition) is 3. The molecular formula is C12H16N2O3. The molecule has 5 nitrogen and oxygen atoms in total. The summed E-state index contributed by atoms with van der Waals surface area (Å²) in [6, 6.07) is 7.13. The van der Waals surface area contributed by atoms with Crippen LogP contribution >= 0.6 is 0 Å². The van der Waals surface area contributed by atoms with E-state index >= 15 is 0 Å². The molecule has 0 saturated heterocycles. The Bertz CT molecular complexity index is 404. The second-order valence-electron chi connectivity index (χ2n) is 3.48. The number of anilines is 1. The van der Waals surface area contributed by atoms with Crippen molar-refractivity contribution in [3.63, 3.8) is 0 Å². The Labute approximate surface area is 99.8 Å². The van der Waals surface area contributed by atoms with E-state index in [0.29, 0.717) is 5.56 Å². The third-order valence-corrected chi connectivity index (χ3v) is 2.16. The summed E-state index contributed by atoms with van der Waals surface area (Å²) >= 11 is 0. The van der Waals surface area contributed by atoms with Crippen LogP contribution in [-0.2, 0) is 4.79 Å². The molecule has 0 saturated carbocycles. The van der Waals surface area contributed by atoms with Crippen molar-refractivity contribution in [3.8, 4) is 0 Å². The van der Waals surface area contributed by atoms with E-state index in [4.69, 9.17) is 5.11 Å². The molecule has 92 valence electrons. The summed E-state index contributed by atoms with van der Waals surface area (Å²) in [7, 11) is 0. The predicted octanol–water partition coefficient (Wildman–Crippen LogP) is 1.32. The molecule has 0 aliphatic rings. The van der Waals surface area contributed by atoms with E-state index in [1.807, 2.05) is 19.1 Å². The van der Waals surface area contributed by atoms with Crippen molar-refractivity contribution < 1.29 is 14.7 Å². The quantitative estimate of drug-likeness (QED) is 0.696. The lowest BCUT2D eigenvalue weighted by Gasteiger charge is -2.10. The minimum absolute atomic E-state index is 0.0743. The first-order valence-corrected chi connectivity index (χ1v) is 5.48. The summed E-state index contributed by atoms with van der Waals surface area (Å²) < 4.78 is 0. The van der Waals surface area contributed by atoms with E-state index in [2.05, 4.69) is 10.6 Å². The van der Waals surface area contributed by atoms with Gasteiger partial charge in [-0.3, -0.25) is 9.59 Å². The summed E-state index contributed by atoms with van der Waals surface area (Å²) in [6.45, 7) is 2.80. The average molecular weight is 236 g/mol. The Morgan fingerprint density at radius 2 is 2.00 bits per heavy atom. The highest BCUT2D eigenvalue weighted by Gasteiger charge is 2.09. The Kier molecular flexibility index (Phi) is 5.00. The van der Waals surface area contributed by atoms with Gasteiger partial charge in [-0.25, -0.2) is 0 Å². The number of hydrogen-bond donors (Lipinski definition) is 3. The second kappa shape index (κ2) is 6.52. The molecule has 0 aliphatic carbocycles. The fraction of sp³-hybridized carbons (Fsp3) is 0.333. The normalized spacial score (nSPS) is 9.71. The molecular weight excluding hydrogens is 220 g/mol. The number of benzene rings is 1. The Balaban J connectivity index is 2.64. The summed E-state index contributed by atoms with van der Waals surface area (Å²) in [5.41, 5.74) is 1.28. The van der Waals surface area contributed by atoms with Crippen molar-refractivity contribution in [2.45, 2.75) is 13.3 Å². The number of aliphatic carboxylic acids is 1. The molecule has 0 aromatic heterocycles. The third-order valence-electron chi connectivity index (χ3n) is 2.16. The van der Waals surface area contributed by atoms with Gasteiger partial charge in [0.1, 0.15) is 0 Å². The lowest BCUT2D eigenvalue weighted by Crippen LogP contribution is -2.26. The van der Waals surface area contributed by atoms with Crippen molar-refractivity contribution in [3.05, 3.63) is 29.8 Å². The first-order chi connectivity index (χ1) is 8.15. The van der Waals surface area contributed by atoms with Gasteiger partial charge in [0, 0.05) is 18.8 Å². The van der Waals surface area contributed by atoms with Crippen molar-refractivity contribution in [1.82, 2.24) is 5.32 Å². The van der Waals surface area contributed by atoms with Gasteiger partial charge in [-0.2, -0.15) is 0 Å². The van der Waals surface area contributed by atoms with Crippen molar-refractivity contribution in [2.75, 3.05) is 18.4 Å². The monoisotopic (exact) mass is 236 g/mol. The Morgan fingerprint density at radius 3 is 2.65 bits per heavy atom. The standard InChI is InChI=1S/C12H16N2O3/c1-2-13-10-6-4-3-5-9(10)12(17)14-8-7-11(15)16/h3-6,13H,2,7-8H2,1H3,(H,14,17)(H,15,16). The maximum absolute atomic E-state index is 11.8. The zero-order valence-corrected chi connectivity index (χ0v) is 9.69. The van der Waals surface area contributed by atoms with Gasteiger partial charge in [0.15, 0.2) is 0 Å². The van der Waals surface area contributed by atoms with E-state index in [1.165, 1.54) is 0 Å². The van der Waals surface area contributed by atoms with Gasteiger partial charge in [-0.15, -0.1) is 0 Å². The minimum atomic E-state index is -0.926. The molecule has 0 spiro atoms. The van der Waals surface area contributed by atoms with Crippen LogP contribution in [0.4, 0.5) is 5.69 Å². The molecule has 0 heterocycles. The topological polar surface area (TPSA) is 78.4 Å². The van der Waals surface area contributed by atoms with Crippen LogP contribution in [0, 0.1) is 0 Å². The second-order valence-corrected chi connectivity index (χ2v) is 3.48. The van der Waals surface area contributed by atoms with E-state index in [1.54, 1.807) is 12.1 Å². The molecule has 0 aliphatic heterocycles. The number of amides is 1. The molecule has 1 amide bonds. The fourth-order valence-electron chi connectivity index (χ4n) is 1.40. The van der Waals surface area contributed by atoms with Gasteiger partial charge in [0.2, 0.25) is 0 Å². The number of rotatable bonds is 6. The average Bonchev–Trinajstić information content (AvgIpc) is 2.29. The maximum atomic E-state index is 11.8. The summed E-state index contributed by atoms with van der Waals surface area (Å²) in [4.78, 5) is 22.1. The molecule has 17 heavy (non-hydrogen) atoms. The highest BCUT2D eigenvalue weighted by molar-refractivity contribution is 5.99. The van der Waals surface area contributed by atoms with Gasteiger partial charge in [0.25, 0.3) is 5.91 Å². The third kappa shape index (κ3) is 4.14. The van der Waals surface area contributed by atoms with Gasteiger partial charge in [-0.1, -0.05) is 12.1 Å². The summed E-state index contributed by atoms with van der Waals surface area (Å²) in [6.07, 6.45) is -0.0743. The molecule has 0 bridgehead atoms. The van der Waals surface area contributed by atoms with Crippen LogP contribution < -0.4 is 10.6 Å². The molecule has 0 atom stereocenters. The number of carboxylic acid groups (broad SMARTS) is 1. The molecule has 1 aromatic carbocycles. The maximum Gasteiger partial charge on any atom is 0.305 e. The molecule has 0 fully saturated rings. The van der Waals surface area contributed by atoms with Gasteiger partial charge in [-0.05, 0) is 19.1 Å². The molecule has 3 N–H and O–H groups in total. The van der Waals surface area contributed by atoms with Crippen LogP contribution in [0.15, 0.2) is 24.3 Å². The van der Waals surface area contributed by atoms with E-state index in [0.717, 1.165) is 12.2 Å². The summed E-state index contributed by atoms with van der Waals surface area (Å²) in [5, 5.41) is 14.1. The largest absolute Gasteiger partial charge is 0.481 e. The molecule has 5 heteroatoms. The van der Waals surface area contributed by atoms with Crippen LogP contribution in [-0.4, -0.2) is 30.1 Å². The molecule has 0 unspecified atom stereocenters. The first kappa shape index (κ1) is 13.0. The lowest BCUT2D eigenvalue weighted by atomic mass is 10.1. The van der Waals surface area contributed by atoms with Gasteiger partial charge in [0.05, 0.1) is 12.0 Å². The number of carbonyl (C=O) groups is 2. The van der Waals surface area contributed by atoms with Crippen LogP contribution in [0.1, 0.15) is 23.7 Å². The highest BCUT2D eigenvalue weighted by Crippen LogP contribution is 2.14. The minimum Gasteiger partial charge on any atom is -0.481 e. The number of para-hydroxylation sites is 1. The van der Waals surface area contributed by atoms with Crippen LogP contribution in [0.5, 0.6) is 0 Å². The van der Waals surface area contributed by atoms with E-state index < -0.39 is 5.97 Å². The van der Waals surface area contributed by atoms with E-state index in [9.17, 15) is 9.59 Å². The lowest BCUT2D eigenvalue weighted by molar-refractivity contribution is -0.136. The first-order valence-electron chi connectivity index (χ1n) is 5.48. The zero-order valence-electron chi connectivity index (χ0n) is 9.69. The van der Waals surface area contributed by atoms with Crippen molar-refractivity contribution in [2.24, 2.45) is 0 Å². The van der Waals surface area contributed by atoms with Crippen LogP contribution in [0.25, 0.3) is 0 Å². The van der Waals surface area contributed by atoms with Gasteiger partial charge >= 0.3 is 5.97 Å². The van der Waals surface area contributed by atoms with Crippen molar-refractivity contribution in [1.29, 1.82) is 0 Å². The van der Waals surface area contributed by atoms with E-state index in [-0.39, 0.29) is 18.9 Å². The molecule has 1 aromatic rings. The van der Waals surface area contributed by atoms with Gasteiger partial charge < -0.3 is 15.7 Å². The van der Waals surface area contributed by atoms with Crippen molar-refractivity contribution >= 4 is 17.6 Å². The SMILES string of the molecule is CCNc1ccccc1C(=O)NCCC(=O)O. The number of carbonyl (C=O) groups excluding carboxylic acids is 1. The number of nitrogens with one attached hydrogen (secondary N) is 2. The highest BCUT2D eigenvalue weighted by atomic mass is 16.4. The number of carboxylic acids is 1. The summed E-state index contributed by atoms with van der Waals surface area (Å²) in [5.74, 6) is -1.19. The Morgan fingerprint density at radius 1 is 1.29 bits per heavy atom.